The normalized spacial score (nSPS) is 19.3. The number of hydrogen-bond donors (Lipinski definition) is 2. The van der Waals surface area contributed by atoms with Gasteiger partial charge in [0.15, 0.2) is 0 Å². The molecule has 2 heterocycles. The molecule has 122 valence electrons. The van der Waals surface area contributed by atoms with E-state index in [4.69, 9.17) is 0 Å². The van der Waals surface area contributed by atoms with Crippen molar-refractivity contribution in [2.24, 2.45) is 11.8 Å². The van der Waals surface area contributed by atoms with Crippen molar-refractivity contribution in [2.45, 2.75) is 26.2 Å². The summed E-state index contributed by atoms with van der Waals surface area (Å²) in [6, 6.07) is 7.90. The topological polar surface area (TPSA) is 54.0 Å². The van der Waals surface area contributed by atoms with Gasteiger partial charge in [-0.25, -0.2) is 4.98 Å². The smallest absolute Gasteiger partial charge is 0.224 e. The molecule has 1 aromatic heterocycles. The molecule has 1 aliphatic heterocycles. The summed E-state index contributed by atoms with van der Waals surface area (Å²) in [6.45, 7) is 4.33. The Morgan fingerprint density at radius 3 is 3.17 bits per heavy atom. The van der Waals surface area contributed by atoms with E-state index >= 15 is 0 Å². The van der Waals surface area contributed by atoms with Crippen molar-refractivity contribution in [2.75, 3.05) is 18.4 Å². The third-order valence-corrected chi connectivity index (χ3v) is 5.29. The first-order valence-electron chi connectivity index (χ1n) is 8.23. The van der Waals surface area contributed by atoms with Crippen molar-refractivity contribution < 1.29 is 4.79 Å². The lowest BCUT2D eigenvalue weighted by Crippen LogP contribution is -2.34. The zero-order chi connectivity index (χ0) is 16.1. The SMILES string of the molecule is CC(CC(=O)Nc1cccc(-c2nccs2)c1)C1CCCNC1. The summed E-state index contributed by atoms with van der Waals surface area (Å²) in [4.78, 5) is 16.6. The van der Waals surface area contributed by atoms with Crippen molar-refractivity contribution in [1.82, 2.24) is 10.3 Å². The van der Waals surface area contributed by atoms with Gasteiger partial charge in [-0.1, -0.05) is 19.1 Å². The van der Waals surface area contributed by atoms with E-state index < -0.39 is 0 Å². The second-order valence-corrected chi connectivity index (χ2v) is 7.15. The van der Waals surface area contributed by atoms with Gasteiger partial charge in [-0.3, -0.25) is 4.79 Å². The lowest BCUT2D eigenvalue weighted by atomic mass is 9.85. The minimum Gasteiger partial charge on any atom is -0.326 e. The highest BCUT2D eigenvalue weighted by Gasteiger charge is 2.22. The van der Waals surface area contributed by atoms with Crippen molar-refractivity contribution in [1.29, 1.82) is 0 Å². The molecule has 2 aromatic rings. The summed E-state index contributed by atoms with van der Waals surface area (Å²) in [7, 11) is 0. The number of benzene rings is 1. The molecule has 23 heavy (non-hydrogen) atoms. The van der Waals surface area contributed by atoms with Crippen molar-refractivity contribution in [3.63, 3.8) is 0 Å². The molecule has 2 unspecified atom stereocenters. The summed E-state index contributed by atoms with van der Waals surface area (Å²) in [5, 5.41) is 9.39. The van der Waals surface area contributed by atoms with E-state index in [1.54, 1.807) is 17.5 Å². The first-order chi connectivity index (χ1) is 11.2. The number of carbonyl (C=O) groups is 1. The van der Waals surface area contributed by atoms with Gasteiger partial charge >= 0.3 is 0 Å². The standard InChI is InChI=1S/C18H23N3OS/c1-13(15-5-3-7-19-12-15)10-17(22)21-16-6-2-4-14(11-16)18-20-8-9-23-18/h2,4,6,8-9,11,13,15,19H,3,5,7,10,12H2,1H3,(H,21,22). The Labute approximate surface area is 141 Å². The Kier molecular flexibility index (Phi) is 5.41. The van der Waals surface area contributed by atoms with Crippen LogP contribution in [-0.4, -0.2) is 24.0 Å². The van der Waals surface area contributed by atoms with E-state index in [0.717, 1.165) is 29.3 Å². The Bertz CT molecular complexity index is 635. The molecule has 1 saturated heterocycles. The van der Waals surface area contributed by atoms with Gasteiger partial charge in [0.25, 0.3) is 0 Å². The molecular formula is C18H23N3OS. The molecule has 4 nitrogen and oxygen atoms in total. The zero-order valence-electron chi connectivity index (χ0n) is 13.4. The number of thiazole rings is 1. The molecule has 0 aliphatic carbocycles. The minimum absolute atomic E-state index is 0.0966. The maximum absolute atomic E-state index is 12.3. The lowest BCUT2D eigenvalue weighted by Gasteiger charge is -2.28. The fourth-order valence-electron chi connectivity index (χ4n) is 3.13. The van der Waals surface area contributed by atoms with E-state index in [-0.39, 0.29) is 5.91 Å². The van der Waals surface area contributed by atoms with Crippen LogP contribution in [0.4, 0.5) is 5.69 Å². The lowest BCUT2D eigenvalue weighted by molar-refractivity contribution is -0.117. The quantitative estimate of drug-likeness (QED) is 0.878. The second-order valence-electron chi connectivity index (χ2n) is 6.25. The fourth-order valence-corrected chi connectivity index (χ4v) is 3.77. The van der Waals surface area contributed by atoms with Crippen LogP contribution in [0.3, 0.4) is 0 Å². The van der Waals surface area contributed by atoms with Crippen LogP contribution in [0.25, 0.3) is 10.6 Å². The third kappa shape index (κ3) is 4.39. The number of piperidine rings is 1. The molecule has 1 aliphatic rings. The van der Waals surface area contributed by atoms with Crippen LogP contribution in [0.5, 0.6) is 0 Å². The molecule has 2 N–H and O–H groups in total. The number of anilines is 1. The zero-order valence-corrected chi connectivity index (χ0v) is 14.2. The van der Waals surface area contributed by atoms with Gasteiger partial charge in [-0.15, -0.1) is 11.3 Å². The van der Waals surface area contributed by atoms with Crippen molar-refractivity contribution in [3.8, 4) is 10.6 Å². The highest BCUT2D eigenvalue weighted by atomic mass is 32.1. The molecular weight excluding hydrogens is 306 g/mol. The first kappa shape index (κ1) is 16.1. The van der Waals surface area contributed by atoms with E-state index in [2.05, 4.69) is 22.5 Å². The van der Waals surface area contributed by atoms with E-state index in [1.807, 2.05) is 29.6 Å². The van der Waals surface area contributed by atoms with Crippen LogP contribution in [0, 0.1) is 11.8 Å². The van der Waals surface area contributed by atoms with Crippen molar-refractivity contribution in [3.05, 3.63) is 35.8 Å². The number of amides is 1. The molecule has 3 rings (SSSR count). The number of aromatic nitrogens is 1. The van der Waals surface area contributed by atoms with Gasteiger partial charge in [0.2, 0.25) is 5.91 Å². The minimum atomic E-state index is 0.0966. The maximum Gasteiger partial charge on any atom is 0.224 e. The number of rotatable bonds is 5. The van der Waals surface area contributed by atoms with Gasteiger partial charge in [0.05, 0.1) is 0 Å². The predicted molar refractivity (Wildman–Crippen MR) is 95.6 cm³/mol. The van der Waals surface area contributed by atoms with Gasteiger partial charge in [-0.05, 0) is 49.9 Å². The largest absolute Gasteiger partial charge is 0.326 e. The van der Waals surface area contributed by atoms with E-state index in [1.165, 1.54) is 12.8 Å². The van der Waals surface area contributed by atoms with Crippen LogP contribution < -0.4 is 10.6 Å². The highest BCUT2D eigenvalue weighted by Crippen LogP contribution is 2.26. The second kappa shape index (κ2) is 7.70. The number of nitrogens with one attached hydrogen (secondary N) is 2. The fraction of sp³-hybridized carbons (Fsp3) is 0.444. The van der Waals surface area contributed by atoms with Gasteiger partial charge in [0, 0.05) is 29.2 Å². The molecule has 1 aromatic carbocycles. The predicted octanol–water partition coefficient (Wildman–Crippen LogP) is 3.77. The molecule has 0 saturated carbocycles. The van der Waals surface area contributed by atoms with Crippen LogP contribution in [0.2, 0.25) is 0 Å². The van der Waals surface area contributed by atoms with Crippen LogP contribution in [0.1, 0.15) is 26.2 Å². The highest BCUT2D eigenvalue weighted by molar-refractivity contribution is 7.13. The van der Waals surface area contributed by atoms with Gasteiger partial charge in [-0.2, -0.15) is 0 Å². The Morgan fingerprint density at radius 1 is 1.52 bits per heavy atom. The first-order valence-corrected chi connectivity index (χ1v) is 9.11. The molecule has 0 spiro atoms. The Hall–Kier alpha value is -1.72. The maximum atomic E-state index is 12.3. The summed E-state index contributed by atoms with van der Waals surface area (Å²) in [5.74, 6) is 1.11. The Morgan fingerprint density at radius 2 is 2.43 bits per heavy atom. The van der Waals surface area contributed by atoms with E-state index in [9.17, 15) is 4.79 Å². The number of nitrogens with zero attached hydrogens (tertiary/aromatic N) is 1. The molecule has 0 bridgehead atoms. The molecule has 2 atom stereocenters. The number of carbonyl (C=O) groups excluding carboxylic acids is 1. The molecule has 1 fully saturated rings. The number of hydrogen-bond acceptors (Lipinski definition) is 4. The Balaban J connectivity index is 1.58. The average Bonchev–Trinajstić information content (AvgIpc) is 3.10. The van der Waals surface area contributed by atoms with Crippen LogP contribution in [-0.2, 0) is 4.79 Å². The van der Waals surface area contributed by atoms with Crippen LogP contribution in [0.15, 0.2) is 35.8 Å². The average molecular weight is 329 g/mol. The van der Waals surface area contributed by atoms with Gasteiger partial charge < -0.3 is 10.6 Å². The monoisotopic (exact) mass is 329 g/mol. The van der Waals surface area contributed by atoms with Gasteiger partial charge in [0.1, 0.15) is 5.01 Å². The van der Waals surface area contributed by atoms with E-state index in [0.29, 0.717) is 18.3 Å². The molecule has 1 amide bonds. The molecule has 0 radical (unpaired) electrons. The molecule has 5 heteroatoms. The summed E-state index contributed by atoms with van der Waals surface area (Å²) >= 11 is 1.60. The third-order valence-electron chi connectivity index (χ3n) is 4.47. The summed E-state index contributed by atoms with van der Waals surface area (Å²) in [5.41, 5.74) is 1.89. The summed E-state index contributed by atoms with van der Waals surface area (Å²) in [6.07, 6.45) is 4.81. The summed E-state index contributed by atoms with van der Waals surface area (Å²) < 4.78 is 0. The van der Waals surface area contributed by atoms with Crippen molar-refractivity contribution >= 4 is 22.9 Å². The van der Waals surface area contributed by atoms with Crippen LogP contribution >= 0.6 is 11.3 Å².